The van der Waals surface area contributed by atoms with Gasteiger partial charge in [0.25, 0.3) is 0 Å². The molecule has 1 fully saturated rings. The quantitative estimate of drug-likeness (QED) is 0.798. The van der Waals surface area contributed by atoms with Crippen LogP contribution in [0.3, 0.4) is 0 Å². The molecule has 0 amide bonds. The molecular formula is C19H23NOS. The summed E-state index contributed by atoms with van der Waals surface area (Å²) < 4.78 is 0. The van der Waals surface area contributed by atoms with Crippen molar-refractivity contribution in [3.63, 3.8) is 0 Å². The number of ketones is 1. The van der Waals surface area contributed by atoms with Gasteiger partial charge in [-0.1, -0.05) is 30.3 Å². The van der Waals surface area contributed by atoms with Crippen molar-refractivity contribution < 1.29 is 4.79 Å². The highest BCUT2D eigenvalue weighted by molar-refractivity contribution is 7.07. The highest BCUT2D eigenvalue weighted by atomic mass is 32.1. The normalized spacial score (nSPS) is 19.2. The minimum Gasteiger partial charge on any atom is -0.299 e. The predicted octanol–water partition coefficient (Wildman–Crippen LogP) is 4.16. The van der Waals surface area contributed by atoms with Crippen molar-refractivity contribution in [3.8, 4) is 0 Å². The Hall–Kier alpha value is -1.45. The lowest BCUT2D eigenvalue weighted by molar-refractivity contribution is -0.124. The van der Waals surface area contributed by atoms with Crippen molar-refractivity contribution in [3.05, 3.63) is 58.3 Å². The molecule has 1 aliphatic rings. The number of carbonyl (C=O) groups is 1. The van der Waals surface area contributed by atoms with E-state index in [4.69, 9.17) is 0 Å². The lowest BCUT2D eigenvalue weighted by atomic mass is 9.90. The maximum absolute atomic E-state index is 12.5. The first kappa shape index (κ1) is 15.4. The van der Waals surface area contributed by atoms with Crippen LogP contribution >= 0.6 is 11.3 Å². The van der Waals surface area contributed by atoms with E-state index in [2.05, 4.69) is 33.9 Å². The van der Waals surface area contributed by atoms with Crippen LogP contribution in [0.2, 0.25) is 0 Å². The van der Waals surface area contributed by atoms with Gasteiger partial charge in [-0.2, -0.15) is 11.3 Å². The summed E-state index contributed by atoms with van der Waals surface area (Å²) in [5.74, 6) is 0.676. The van der Waals surface area contributed by atoms with E-state index in [1.54, 1.807) is 11.3 Å². The number of thiophene rings is 1. The minimum absolute atomic E-state index is 0.232. The van der Waals surface area contributed by atoms with Gasteiger partial charge in [-0.3, -0.25) is 9.69 Å². The van der Waals surface area contributed by atoms with Crippen LogP contribution in [0, 0.1) is 5.92 Å². The molecule has 2 heterocycles. The average Bonchev–Trinajstić information content (AvgIpc) is 3.07. The highest BCUT2D eigenvalue weighted by Gasteiger charge is 2.25. The number of aryl methyl sites for hydroxylation is 1. The van der Waals surface area contributed by atoms with Crippen LogP contribution in [0.5, 0.6) is 0 Å². The summed E-state index contributed by atoms with van der Waals surface area (Å²) in [5.41, 5.74) is 2.64. The SMILES string of the molecule is O=C(CCc1ccccc1)[C@@H]1CCCN(Cc2ccsc2)C1. The molecule has 1 aliphatic heterocycles. The maximum Gasteiger partial charge on any atom is 0.137 e. The van der Waals surface area contributed by atoms with Crippen molar-refractivity contribution in [1.29, 1.82) is 0 Å². The summed E-state index contributed by atoms with van der Waals surface area (Å²) in [6.07, 6.45) is 3.77. The Morgan fingerprint density at radius 3 is 2.82 bits per heavy atom. The molecule has 0 spiro atoms. The molecule has 1 saturated heterocycles. The van der Waals surface area contributed by atoms with Crippen LogP contribution in [0.4, 0.5) is 0 Å². The summed E-state index contributed by atoms with van der Waals surface area (Å²) in [6, 6.07) is 12.5. The van der Waals surface area contributed by atoms with Gasteiger partial charge in [0.15, 0.2) is 0 Å². The molecular weight excluding hydrogens is 290 g/mol. The molecule has 0 bridgehead atoms. The topological polar surface area (TPSA) is 20.3 Å². The molecule has 2 aromatic rings. The highest BCUT2D eigenvalue weighted by Crippen LogP contribution is 2.21. The van der Waals surface area contributed by atoms with Crippen molar-refractivity contribution in [2.24, 2.45) is 5.92 Å². The van der Waals surface area contributed by atoms with Crippen LogP contribution in [0.25, 0.3) is 0 Å². The zero-order valence-electron chi connectivity index (χ0n) is 12.9. The fraction of sp³-hybridized carbons (Fsp3) is 0.421. The lowest BCUT2D eigenvalue weighted by Gasteiger charge is -2.31. The molecule has 0 unspecified atom stereocenters. The predicted molar refractivity (Wildman–Crippen MR) is 92.1 cm³/mol. The van der Waals surface area contributed by atoms with Crippen LogP contribution in [-0.4, -0.2) is 23.8 Å². The van der Waals surface area contributed by atoms with Crippen molar-refractivity contribution >= 4 is 17.1 Å². The Morgan fingerprint density at radius 1 is 1.18 bits per heavy atom. The number of rotatable bonds is 6. The molecule has 116 valence electrons. The van der Waals surface area contributed by atoms with Gasteiger partial charge in [0.2, 0.25) is 0 Å². The molecule has 0 radical (unpaired) electrons. The molecule has 3 heteroatoms. The monoisotopic (exact) mass is 313 g/mol. The fourth-order valence-electron chi connectivity index (χ4n) is 3.22. The molecule has 0 saturated carbocycles. The van der Waals surface area contributed by atoms with Gasteiger partial charge in [-0.25, -0.2) is 0 Å². The van der Waals surface area contributed by atoms with E-state index >= 15 is 0 Å². The number of hydrogen-bond acceptors (Lipinski definition) is 3. The number of Topliss-reactive ketones (excluding diaryl/α,β-unsaturated/α-hetero) is 1. The van der Waals surface area contributed by atoms with Gasteiger partial charge in [0.05, 0.1) is 0 Å². The van der Waals surface area contributed by atoms with E-state index in [0.29, 0.717) is 12.2 Å². The number of nitrogens with zero attached hydrogens (tertiary/aromatic N) is 1. The third-order valence-corrected chi connectivity index (χ3v) is 5.18. The summed E-state index contributed by atoms with van der Waals surface area (Å²) in [7, 11) is 0. The van der Waals surface area contributed by atoms with Crippen LogP contribution in [0.1, 0.15) is 30.4 Å². The van der Waals surface area contributed by atoms with E-state index in [0.717, 1.165) is 38.9 Å². The first-order chi connectivity index (χ1) is 10.8. The van der Waals surface area contributed by atoms with Gasteiger partial charge in [-0.15, -0.1) is 0 Å². The van der Waals surface area contributed by atoms with E-state index in [1.807, 2.05) is 18.2 Å². The van der Waals surface area contributed by atoms with E-state index in [9.17, 15) is 4.79 Å². The summed E-state index contributed by atoms with van der Waals surface area (Å²) in [4.78, 5) is 14.9. The first-order valence-electron chi connectivity index (χ1n) is 8.11. The van der Waals surface area contributed by atoms with Gasteiger partial charge < -0.3 is 0 Å². The van der Waals surface area contributed by atoms with E-state index in [1.165, 1.54) is 11.1 Å². The van der Waals surface area contributed by atoms with Gasteiger partial charge in [0.1, 0.15) is 5.78 Å². The first-order valence-corrected chi connectivity index (χ1v) is 9.05. The summed E-state index contributed by atoms with van der Waals surface area (Å²) in [5, 5.41) is 4.34. The molecule has 22 heavy (non-hydrogen) atoms. The average molecular weight is 313 g/mol. The number of carbonyl (C=O) groups excluding carboxylic acids is 1. The zero-order chi connectivity index (χ0) is 15.2. The Kier molecular flexibility index (Phi) is 5.41. The fourth-order valence-corrected chi connectivity index (χ4v) is 3.88. The summed E-state index contributed by atoms with van der Waals surface area (Å²) in [6.45, 7) is 3.05. The van der Waals surface area contributed by atoms with Crippen molar-refractivity contribution in [2.45, 2.75) is 32.2 Å². The van der Waals surface area contributed by atoms with Crippen LogP contribution in [-0.2, 0) is 17.8 Å². The smallest absolute Gasteiger partial charge is 0.137 e. The lowest BCUT2D eigenvalue weighted by Crippen LogP contribution is -2.38. The number of benzene rings is 1. The molecule has 3 rings (SSSR count). The van der Waals surface area contributed by atoms with E-state index in [-0.39, 0.29) is 5.92 Å². The maximum atomic E-state index is 12.5. The van der Waals surface area contributed by atoms with Crippen LogP contribution < -0.4 is 0 Å². The molecule has 2 nitrogen and oxygen atoms in total. The van der Waals surface area contributed by atoms with Gasteiger partial charge in [0, 0.05) is 25.4 Å². The molecule has 0 aliphatic carbocycles. The largest absolute Gasteiger partial charge is 0.299 e. The third-order valence-electron chi connectivity index (χ3n) is 4.45. The number of likely N-dealkylation sites (tertiary alicyclic amines) is 1. The Labute approximate surface area is 136 Å². The van der Waals surface area contributed by atoms with Crippen molar-refractivity contribution in [1.82, 2.24) is 4.90 Å². The standard InChI is InChI=1S/C19H23NOS/c21-19(9-8-16-5-2-1-3-6-16)18-7-4-11-20(14-18)13-17-10-12-22-15-17/h1-3,5-6,10,12,15,18H,4,7-9,11,13-14H2/t18-/m1/s1. The molecule has 1 aromatic heterocycles. The van der Waals surface area contributed by atoms with Gasteiger partial charge in [-0.05, 0) is 53.8 Å². The second-order valence-corrected chi connectivity index (χ2v) is 6.94. The Balaban J connectivity index is 1.49. The third kappa shape index (κ3) is 4.28. The second kappa shape index (κ2) is 7.70. The Morgan fingerprint density at radius 2 is 2.05 bits per heavy atom. The second-order valence-electron chi connectivity index (χ2n) is 6.16. The van der Waals surface area contributed by atoms with Gasteiger partial charge >= 0.3 is 0 Å². The molecule has 1 aromatic carbocycles. The zero-order valence-corrected chi connectivity index (χ0v) is 13.7. The van der Waals surface area contributed by atoms with Crippen LogP contribution in [0.15, 0.2) is 47.2 Å². The van der Waals surface area contributed by atoms with E-state index < -0.39 is 0 Å². The van der Waals surface area contributed by atoms with Crippen molar-refractivity contribution in [2.75, 3.05) is 13.1 Å². The minimum atomic E-state index is 0.232. The molecule has 1 atom stereocenters. The number of piperidine rings is 1. The summed E-state index contributed by atoms with van der Waals surface area (Å²) >= 11 is 1.75. The number of hydrogen-bond donors (Lipinski definition) is 0. The Bertz CT molecular complexity index is 579. The molecule has 0 N–H and O–H groups in total.